The Morgan fingerprint density at radius 1 is 0.960 bits per heavy atom. The van der Waals surface area contributed by atoms with Crippen LogP contribution in [-0.2, 0) is 4.79 Å². The van der Waals surface area contributed by atoms with Crippen molar-refractivity contribution >= 4 is 23.4 Å². The van der Waals surface area contributed by atoms with Crippen LogP contribution in [0.3, 0.4) is 0 Å². The standard InChI is InChI=1S/C17H11F3N2O3/c1-8-2-3-9-10(4-8)17(25)22(16(9)24)7-15(23)21-14-6-12(19)11(18)5-13(14)20/h2-6H,7H2,1H3,(H,21,23). The fourth-order valence-corrected chi connectivity index (χ4v) is 2.50. The number of benzene rings is 2. The predicted molar refractivity (Wildman–Crippen MR) is 81.5 cm³/mol. The van der Waals surface area contributed by atoms with E-state index < -0.39 is 47.4 Å². The number of fused-ring (bicyclic) bond motifs is 1. The second kappa shape index (κ2) is 6.04. The SMILES string of the molecule is Cc1ccc2c(c1)C(=O)N(CC(=O)Nc1cc(F)c(F)cc1F)C2=O. The van der Waals surface area contributed by atoms with Gasteiger partial charge in [-0.25, -0.2) is 13.2 Å². The van der Waals surface area contributed by atoms with Gasteiger partial charge in [0, 0.05) is 12.1 Å². The Morgan fingerprint density at radius 2 is 1.60 bits per heavy atom. The van der Waals surface area contributed by atoms with Gasteiger partial charge in [0.2, 0.25) is 5.91 Å². The molecule has 5 nitrogen and oxygen atoms in total. The van der Waals surface area contributed by atoms with Crippen molar-refractivity contribution in [1.29, 1.82) is 0 Å². The third-order valence-corrected chi connectivity index (χ3v) is 3.71. The topological polar surface area (TPSA) is 66.5 Å². The Labute approximate surface area is 140 Å². The number of imide groups is 1. The molecule has 25 heavy (non-hydrogen) atoms. The normalized spacial score (nSPS) is 13.2. The molecule has 0 saturated carbocycles. The smallest absolute Gasteiger partial charge is 0.262 e. The number of rotatable bonds is 3. The molecular weight excluding hydrogens is 337 g/mol. The molecule has 1 N–H and O–H groups in total. The molecular formula is C17H11F3N2O3. The minimum atomic E-state index is -1.40. The number of nitrogens with one attached hydrogen (secondary N) is 1. The zero-order chi connectivity index (χ0) is 18.3. The summed E-state index contributed by atoms with van der Waals surface area (Å²) < 4.78 is 39.6. The molecule has 8 heteroatoms. The van der Waals surface area contributed by atoms with Gasteiger partial charge in [0.25, 0.3) is 11.8 Å². The minimum absolute atomic E-state index is 0.169. The molecule has 1 aliphatic rings. The summed E-state index contributed by atoms with van der Waals surface area (Å²) in [7, 11) is 0. The molecule has 128 valence electrons. The van der Waals surface area contributed by atoms with Crippen LogP contribution in [0.2, 0.25) is 0 Å². The lowest BCUT2D eigenvalue weighted by Gasteiger charge is -2.14. The van der Waals surface area contributed by atoms with Crippen LogP contribution in [0.5, 0.6) is 0 Å². The molecule has 0 unspecified atom stereocenters. The van der Waals surface area contributed by atoms with Crippen LogP contribution >= 0.6 is 0 Å². The maximum atomic E-state index is 13.5. The quantitative estimate of drug-likeness (QED) is 0.685. The zero-order valence-corrected chi connectivity index (χ0v) is 12.9. The van der Waals surface area contributed by atoms with Crippen LogP contribution in [0, 0.1) is 24.4 Å². The largest absolute Gasteiger partial charge is 0.322 e. The molecule has 0 bridgehead atoms. The first-order valence-electron chi connectivity index (χ1n) is 7.19. The Hall–Kier alpha value is -3.16. The molecule has 0 saturated heterocycles. The van der Waals surface area contributed by atoms with E-state index in [-0.39, 0.29) is 17.2 Å². The molecule has 2 aromatic carbocycles. The number of aryl methyl sites for hydroxylation is 1. The number of amides is 3. The Morgan fingerprint density at radius 3 is 2.32 bits per heavy atom. The summed E-state index contributed by atoms with van der Waals surface area (Å²) in [6.45, 7) is 1.07. The van der Waals surface area contributed by atoms with Crippen molar-refractivity contribution in [3.8, 4) is 0 Å². The first kappa shape index (κ1) is 16.7. The molecule has 0 fully saturated rings. The van der Waals surface area contributed by atoms with Crippen LogP contribution in [-0.4, -0.2) is 29.2 Å². The first-order valence-corrected chi connectivity index (χ1v) is 7.19. The minimum Gasteiger partial charge on any atom is -0.322 e. The third kappa shape index (κ3) is 2.98. The van der Waals surface area contributed by atoms with Crippen molar-refractivity contribution < 1.29 is 27.6 Å². The number of carbonyl (C=O) groups excluding carboxylic acids is 3. The van der Waals surface area contributed by atoms with Gasteiger partial charge in [0.15, 0.2) is 11.6 Å². The fourth-order valence-electron chi connectivity index (χ4n) is 2.50. The predicted octanol–water partition coefficient (Wildman–Crippen LogP) is 2.65. The van der Waals surface area contributed by atoms with Crippen molar-refractivity contribution in [2.75, 3.05) is 11.9 Å². The van der Waals surface area contributed by atoms with Gasteiger partial charge in [0.05, 0.1) is 16.8 Å². The maximum Gasteiger partial charge on any atom is 0.262 e. The molecule has 0 radical (unpaired) electrons. The summed E-state index contributed by atoms with van der Waals surface area (Å²) in [6, 6.07) is 5.44. The molecule has 0 aliphatic carbocycles. The molecule has 3 amide bonds. The molecule has 1 aliphatic heterocycles. The number of hydrogen-bond donors (Lipinski definition) is 1. The lowest BCUT2D eigenvalue weighted by atomic mass is 10.1. The maximum absolute atomic E-state index is 13.5. The van der Waals surface area contributed by atoms with Gasteiger partial charge in [-0.1, -0.05) is 11.6 Å². The van der Waals surface area contributed by atoms with E-state index in [2.05, 4.69) is 0 Å². The van der Waals surface area contributed by atoms with E-state index in [4.69, 9.17) is 0 Å². The highest BCUT2D eigenvalue weighted by Gasteiger charge is 2.36. The van der Waals surface area contributed by atoms with Crippen molar-refractivity contribution in [2.24, 2.45) is 0 Å². The van der Waals surface area contributed by atoms with Gasteiger partial charge in [0.1, 0.15) is 12.4 Å². The summed E-state index contributed by atoms with van der Waals surface area (Å²) in [4.78, 5) is 37.2. The Kier molecular flexibility index (Phi) is 4.03. The number of hydrogen-bond acceptors (Lipinski definition) is 3. The van der Waals surface area contributed by atoms with Crippen molar-refractivity contribution in [1.82, 2.24) is 4.90 Å². The van der Waals surface area contributed by atoms with Gasteiger partial charge < -0.3 is 5.32 Å². The summed E-state index contributed by atoms with van der Waals surface area (Å²) in [5.41, 5.74) is 0.533. The molecule has 0 atom stereocenters. The van der Waals surface area contributed by atoms with E-state index in [9.17, 15) is 27.6 Å². The highest BCUT2D eigenvalue weighted by Crippen LogP contribution is 2.24. The summed E-state index contributed by atoms with van der Waals surface area (Å²) in [5, 5.41) is 2.02. The first-order chi connectivity index (χ1) is 11.8. The number of halogens is 3. The van der Waals surface area contributed by atoms with Gasteiger partial charge in [-0.05, 0) is 19.1 Å². The molecule has 3 rings (SSSR count). The zero-order valence-electron chi connectivity index (χ0n) is 12.9. The van der Waals surface area contributed by atoms with Gasteiger partial charge in [-0.2, -0.15) is 0 Å². The number of anilines is 1. The molecule has 0 spiro atoms. The van der Waals surface area contributed by atoms with Gasteiger partial charge in [-0.3, -0.25) is 19.3 Å². The third-order valence-electron chi connectivity index (χ3n) is 3.71. The second-order valence-corrected chi connectivity index (χ2v) is 5.54. The Balaban J connectivity index is 1.77. The lowest BCUT2D eigenvalue weighted by molar-refractivity contribution is -0.116. The van der Waals surface area contributed by atoms with Crippen LogP contribution in [0.15, 0.2) is 30.3 Å². The van der Waals surface area contributed by atoms with Gasteiger partial charge >= 0.3 is 0 Å². The van der Waals surface area contributed by atoms with E-state index in [1.165, 1.54) is 12.1 Å². The highest BCUT2D eigenvalue weighted by atomic mass is 19.2. The average Bonchev–Trinajstić information content (AvgIpc) is 2.77. The van der Waals surface area contributed by atoms with E-state index in [0.717, 1.165) is 5.56 Å². The summed E-state index contributed by atoms with van der Waals surface area (Å²) in [6.07, 6.45) is 0. The second-order valence-electron chi connectivity index (χ2n) is 5.54. The number of nitrogens with zero attached hydrogens (tertiary/aromatic N) is 1. The molecule has 2 aromatic rings. The van der Waals surface area contributed by atoms with E-state index >= 15 is 0 Å². The average molecular weight is 348 g/mol. The van der Waals surface area contributed by atoms with Crippen LogP contribution < -0.4 is 5.32 Å². The fraction of sp³-hybridized carbons (Fsp3) is 0.118. The summed E-state index contributed by atoms with van der Waals surface area (Å²) >= 11 is 0. The van der Waals surface area contributed by atoms with E-state index in [0.29, 0.717) is 11.0 Å². The Bertz CT molecular complexity index is 928. The van der Waals surface area contributed by atoms with E-state index in [1.54, 1.807) is 13.0 Å². The van der Waals surface area contributed by atoms with E-state index in [1.807, 2.05) is 5.32 Å². The van der Waals surface area contributed by atoms with Crippen molar-refractivity contribution in [3.05, 3.63) is 64.5 Å². The van der Waals surface area contributed by atoms with Crippen molar-refractivity contribution in [2.45, 2.75) is 6.92 Å². The van der Waals surface area contributed by atoms with Crippen LogP contribution in [0.4, 0.5) is 18.9 Å². The highest BCUT2D eigenvalue weighted by molar-refractivity contribution is 6.22. The molecule has 0 aromatic heterocycles. The lowest BCUT2D eigenvalue weighted by Crippen LogP contribution is -2.37. The number of carbonyl (C=O) groups is 3. The van der Waals surface area contributed by atoms with Gasteiger partial charge in [-0.15, -0.1) is 0 Å². The van der Waals surface area contributed by atoms with Crippen LogP contribution in [0.1, 0.15) is 26.3 Å². The monoisotopic (exact) mass is 348 g/mol. The van der Waals surface area contributed by atoms with Crippen molar-refractivity contribution in [3.63, 3.8) is 0 Å². The molecule has 1 heterocycles. The summed E-state index contributed by atoms with van der Waals surface area (Å²) in [5.74, 6) is -6.13. The van der Waals surface area contributed by atoms with Crippen LogP contribution in [0.25, 0.3) is 0 Å².